The van der Waals surface area contributed by atoms with Gasteiger partial charge >= 0.3 is 0 Å². The summed E-state index contributed by atoms with van der Waals surface area (Å²) < 4.78 is 0. The lowest BCUT2D eigenvalue weighted by Gasteiger charge is -2.31. The van der Waals surface area contributed by atoms with Crippen molar-refractivity contribution in [3.05, 3.63) is 29.8 Å². The summed E-state index contributed by atoms with van der Waals surface area (Å²) >= 11 is 0. The molecule has 21 heavy (non-hydrogen) atoms. The van der Waals surface area contributed by atoms with E-state index in [4.69, 9.17) is 0 Å². The number of piperidine rings is 1. The Kier molecular flexibility index (Phi) is 4.92. The molecular weight excluding hydrogens is 260 g/mol. The molecule has 1 saturated heterocycles. The van der Waals surface area contributed by atoms with Crippen LogP contribution in [0.1, 0.15) is 52.5 Å². The summed E-state index contributed by atoms with van der Waals surface area (Å²) in [6.45, 7) is 10.4. The van der Waals surface area contributed by atoms with Gasteiger partial charge in [-0.05, 0) is 43.2 Å². The Balaban J connectivity index is 2.09. The van der Waals surface area contributed by atoms with E-state index in [-0.39, 0.29) is 17.4 Å². The standard InChI is InChI=1S/C18H28N2O/c1-14(17(21)20-12-8-5-9-13-20)19-16-11-7-6-10-15(16)18(2,3)4/h6-7,10-11,14,19H,5,8-9,12-13H2,1-4H3. The molecule has 3 nitrogen and oxygen atoms in total. The first kappa shape index (κ1) is 15.9. The minimum absolute atomic E-state index is 0.0669. The number of hydrogen-bond acceptors (Lipinski definition) is 2. The quantitative estimate of drug-likeness (QED) is 0.917. The monoisotopic (exact) mass is 288 g/mol. The fraction of sp³-hybridized carbons (Fsp3) is 0.611. The van der Waals surface area contributed by atoms with E-state index in [1.165, 1.54) is 12.0 Å². The molecule has 0 aromatic heterocycles. The maximum Gasteiger partial charge on any atom is 0.244 e. The Morgan fingerprint density at radius 3 is 2.38 bits per heavy atom. The smallest absolute Gasteiger partial charge is 0.244 e. The van der Waals surface area contributed by atoms with E-state index in [0.717, 1.165) is 31.6 Å². The second-order valence-corrected chi connectivity index (χ2v) is 7.05. The highest BCUT2D eigenvalue weighted by Gasteiger charge is 2.24. The van der Waals surface area contributed by atoms with Gasteiger partial charge in [-0.25, -0.2) is 0 Å². The lowest BCUT2D eigenvalue weighted by molar-refractivity contribution is -0.132. The van der Waals surface area contributed by atoms with E-state index < -0.39 is 0 Å². The summed E-state index contributed by atoms with van der Waals surface area (Å²) in [5.41, 5.74) is 2.39. The van der Waals surface area contributed by atoms with Crippen molar-refractivity contribution in [1.82, 2.24) is 4.90 Å². The summed E-state index contributed by atoms with van der Waals surface area (Å²) in [6, 6.07) is 8.12. The summed E-state index contributed by atoms with van der Waals surface area (Å²) in [6.07, 6.45) is 3.52. The second kappa shape index (κ2) is 6.50. The number of nitrogens with zero attached hydrogens (tertiary/aromatic N) is 1. The van der Waals surface area contributed by atoms with Crippen LogP contribution in [-0.4, -0.2) is 29.9 Å². The highest BCUT2D eigenvalue weighted by molar-refractivity contribution is 5.84. The number of rotatable bonds is 3. The molecule has 0 radical (unpaired) electrons. The van der Waals surface area contributed by atoms with Gasteiger partial charge in [0.25, 0.3) is 0 Å². The number of carbonyl (C=O) groups excluding carboxylic acids is 1. The molecule has 0 spiro atoms. The molecule has 1 fully saturated rings. The molecule has 3 heteroatoms. The minimum Gasteiger partial charge on any atom is -0.374 e. The Morgan fingerprint density at radius 1 is 1.14 bits per heavy atom. The first-order valence-electron chi connectivity index (χ1n) is 8.04. The third-order valence-corrected chi connectivity index (χ3v) is 4.15. The van der Waals surface area contributed by atoms with Gasteiger partial charge in [-0.15, -0.1) is 0 Å². The number of para-hydroxylation sites is 1. The molecule has 0 aliphatic carbocycles. The molecule has 0 saturated carbocycles. The van der Waals surface area contributed by atoms with Gasteiger partial charge in [-0.1, -0.05) is 39.0 Å². The van der Waals surface area contributed by atoms with Crippen LogP contribution in [0.2, 0.25) is 0 Å². The Hall–Kier alpha value is -1.51. The Bertz CT molecular complexity index is 484. The number of nitrogens with one attached hydrogen (secondary N) is 1. The first-order chi connectivity index (χ1) is 9.89. The highest BCUT2D eigenvalue weighted by atomic mass is 16.2. The number of anilines is 1. The average Bonchev–Trinajstić information content (AvgIpc) is 2.47. The lowest BCUT2D eigenvalue weighted by atomic mass is 9.85. The molecule has 1 aliphatic rings. The zero-order valence-electron chi connectivity index (χ0n) is 13.8. The lowest BCUT2D eigenvalue weighted by Crippen LogP contribution is -2.44. The Morgan fingerprint density at radius 2 is 1.76 bits per heavy atom. The van der Waals surface area contributed by atoms with E-state index in [1.807, 2.05) is 17.9 Å². The van der Waals surface area contributed by atoms with Gasteiger partial charge in [-0.2, -0.15) is 0 Å². The minimum atomic E-state index is -0.174. The number of likely N-dealkylation sites (tertiary alicyclic amines) is 1. The fourth-order valence-corrected chi connectivity index (χ4v) is 2.95. The zero-order valence-corrected chi connectivity index (χ0v) is 13.8. The van der Waals surface area contributed by atoms with Gasteiger partial charge < -0.3 is 10.2 Å². The van der Waals surface area contributed by atoms with Gasteiger partial charge in [0.2, 0.25) is 5.91 Å². The fourth-order valence-electron chi connectivity index (χ4n) is 2.95. The van der Waals surface area contributed by atoms with E-state index in [1.54, 1.807) is 0 Å². The molecule has 1 atom stereocenters. The molecular formula is C18H28N2O. The van der Waals surface area contributed by atoms with Gasteiger partial charge in [0, 0.05) is 18.8 Å². The van der Waals surface area contributed by atoms with Crippen molar-refractivity contribution in [3.63, 3.8) is 0 Å². The SMILES string of the molecule is CC(Nc1ccccc1C(C)(C)C)C(=O)N1CCCCC1. The van der Waals surface area contributed by atoms with Crippen LogP contribution < -0.4 is 5.32 Å². The van der Waals surface area contributed by atoms with Crippen molar-refractivity contribution in [2.45, 2.75) is 58.4 Å². The van der Waals surface area contributed by atoms with Gasteiger partial charge in [0.1, 0.15) is 6.04 Å². The predicted molar refractivity (Wildman–Crippen MR) is 88.7 cm³/mol. The zero-order chi connectivity index (χ0) is 15.5. The summed E-state index contributed by atoms with van der Waals surface area (Å²) in [4.78, 5) is 14.5. The molecule has 0 bridgehead atoms. The van der Waals surface area contributed by atoms with Crippen LogP contribution in [-0.2, 0) is 10.2 Å². The van der Waals surface area contributed by atoms with E-state index >= 15 is 0 Å². The summed E-state index contributed by atoms with van der Waals surface area (Å²) in [7, 11) is 0. The van der Waals surface area contributed by atoms with Crippen molar-refractivity contribution in [2.75, 3.05) is 18.4 Å². The molecule has 1 heterocycles. The van der Waals surface area contributed by atoms with E-state index in [9.17, 15) is 4.79 Å². The van der Waals surface area contributed by atoms with Crippen LogP contribution >= 0.6 is 0 Å². The third kappa shape index (κ3) is 3.99. The highest BCUT2D eigenvalue weighted by Crippen LogP contribution is 2.29. The molecule has 1 aromatic rings. The van der Waals surface area contributed by atoms with Crippen LogP contribution in [0.3, 0.4) is 0 Å². The number of benzene rings is 1. The Labute approximate surface area is 128 Å². The summed E-state index contributed by atoms with van der Waals surface area (Å²) in [5.74, 6) is 0.221. The maximum atomic E-state index is 12.5. The van der Waals surface area contributed by atoms with Crippen LogP contribution in [0.4, 0.5) is 5.69 Å². The molecule has 2 rings (SSSR count). The van der Waals surface area contributed by atoms with Gasteiger partial charge in [-0.3, -0.25) is 4.79 Å². The van der Waals surface area contributed by atoms with Crippen LogP contribution in [0.25, 0.3) is 0 Å². The van der Waals surface area contributed by atoms with Crippen LogP contribution in [0, 0.1) is 0 Å². The van der Waals surface area contributed by atoms with Crippen molar-refractivity contribution < 1.29 is 4.79 Å². The molecule has 1 amide bonds. The second-order valence-electron chi connectivity index (χ2n) is 7.05. The third-order valence-electron chi connectivity index (χ3n) is 4.15. The van der Waals surface area contributed by atoms with Crippen molar-refractivity contribution >= 4 is 11.6 Å². The molecule has 1 N–H and O–H groups in total. The topological polar surface area (TPSA) is 32.3 Å². The van der Waals surface area contributed by atoms with Crippen molar-refractivity contribution in [3.8, 4) is 0 Å². The first-order valence-corrected chi connectivity index (χ1v) is 8.04. The normalized spacial score (nSPS) is 17.4. The molecule has 1 unspecified atom stereocenters. The van der Waals surface area contributed by atoms with Crippen LogP contribution in [0.15, 0.2) is 24.3 Å². The predicted octanol–water partition coefficient (Wildman–Crippen LogP) is 3.80. The largest absolute Gasteiger partial charge is 0.374 e. The molecule has 1 aliphatic heterocycles. The summed E-state index contributed by atoms with van der Waals surface area (Å²) in [5, 5.41) is 3.42. The number of hydrogen-bond donors (Lipinski definition) is 1. The van der Waals surface area contributed by atoms with Crippen LogP contribution in [0.5, 0.6) is 0 Å². The van der Waals surface area contributed by atoms with Crippen molar-refractivity contribution in [1.29, 1.82) is 0 Å². The van der Waals surface area contributed by atoms with Gasteiger partial charge in [0.05, 0.1) is 0 Å². The number of carbonyl (C=O) groups is 1. The molecule has 116 valence electrons. The van der Waals surface area contributed by atoms with E-state index in [0.29, 0.717) is 0 Å². The van der Waals surface area contributed by atoms with Crippen molar-refractivity contribution in [2.24, 2.45) is 0 Å². The van der Waals surface area contributed by atoms with E-state index in [2.05, 4.69) is 44.3 Å². The maximum absolute atomic E-state index is 12.5. The average molecular weight is 288 g/mol. The number of amides is 1. The van der Waals surface area contributed by atoms with Gasteiger partial charge in [0.15, 0.2) is 0 Å². The molecule has 1 aromatic carbocycles.